The fourth-order valence-electron chi connectivity index (χ4n) is 1.59. The van der Waals surface area contributed by atoms with E-state index in [-0.39, 0.29) is 5.91 Å². The third kappa shape index (κ3) is 1.65. The number of nitrogens with one attached hydrogen (secondary N) is 1. The summed E-state index contributed by atoms with van der Waals surface area (Å²) < 4.78 is 1.65. The van der Waals surface area contributed by atoms with E-state index in [1.807, 2.05) is 20.1 Å². The van der Waals surface area contributed by atoms with E-state index < -0.39 is 0 Å². The first-order valence-corrected chi connectivity index (χ1v) is 5.76. The zero-order valence-electron chi connectivity index (χ0n) is 8.87. The Bertz CT molecular complexity index is 421. The molecule has 0 radical (unpaired) electrons. The maximum absolute atomic E-state index is 12.0. The molecule has 6 heteroatoms. The summed E-state index contributed by atoms with van der Waals surface area (Å²) in [6.07, 6.45) is 1.87. The number of hydrogen-bond acceptors (Lipinski definition) is 5. The Hall–Kier alpha value is -1.30. The molecule has 0 aromatic carbocycles. The largest absolute Gasteiger partial charge is 0.351 e. The van der Waals surface area contributed by atoms with Gasteiger partial charge in [-0.2, -0.15) is 0 Å². The average molecular weight is 224 g/mol. The van der Waals surface area contributed by atoms with Gasteiger partial charge in [-0.25, -0.2) is 9.97 Å². The van der Waals surface area contributed by atoms with E-state index in [4.69, 9.17) is 0 Å². The van der Waals surface area contributed by atoms with Crippen LogP contribution in [0.25, 0.3) is 0 Å². The Balaban J connectivity index is 2.52. The molecule has 15 heavy (non-hydrogen) atoms. The van der Waals surface area contributed by atoms with Gasteiger partial charge in [0.1, 0.15) is 23.9 Å². The molecule has 0 spiro atoms. The van der Waals surface area contributed by atoms with E-state index in [0.717, 1.165) is 5.69 Å². The van der Waals surface area contributed by atoms with E-state index in [1.54, 1.807) is 4.31 Å². The van der Waals surface area contributed by atoms with Crippen molar-refractivity contribution in [2.24, 2.45) is 0 Å². The molecule has 80 valence electrons. The van der Waals surface area contributed by atoms with Crippen molar-refractivity contribution in [1.82, 2.24) is 14.3 Å². The maximum atomic E-state index is 12.0. The number of carbonyl (C=O) groups excluding carboxylic acids is 1. The van der Waals surface area contributed by atoms with E-state index in [2.05, 4.69) is 15.3 Å². The Labute approximate surface area is 92.4 Å². The van der Waals surface area contributed by atoms with Crippen LogP contribution in [0.5, 0.6) is 0 Å². The lowest BCUT2D eigenvalue weighted by Crippen LogP contribution is -2.36. The lowest BCUT2D eigenvalue weighted by molar-refractivity contribution is 0.0870. The molecule has 0 fully saturated rings. The van der Waals surface area contributed by atoms with Crippen LogP contribution in [-0.4, -0.2) is 33.1 Å². The summed E-state index contributed by atoms with van der Waals surface area (Å²) in [6.45, 7) is 4.14. The summed E-state index contributed by atoms with van der Waals surface area (Å²) in [7, 11) is 0. The van der Waals surface area contributed by atoms with Gasteiger partial charge in [0.15, 0.2) is 0 Å². The van der Waals surface area contributed by atoms with Gasteiger partial charge in [0, 0.05) is 6.26 Å². The zero-order chi connectivity index (χ0) is 11.0. The number of fused-ring (bicyclic) bond motifs is 1. The van der Waals surface area contributed by atoms with Gasteiger partial charge in [-0.3, -0.25) is 9.10 Å². The molecule has 0 saturated heterocycles. The van der Waals surface area contributed by atoms with Gasteiger partial charge < -0.3 is 5.32 Å². The summed E-state index contributed by atoms with van der Waals surface area (Å²) in [4.78, 5) is 20.4. The molecule has 2 rings (SSSR count). The number of rotatable bonds is 1. The summed E-state index contributed by atoms with van der Waals surface area (Å²) in [5, 5.41) is 3.11. The summed E-state index contributed by atoms with van der Waals surface area (Å²) in [5.41, 5.74) is 1.31. The zero-order valence-corrected chi connectivity index (χ0v) is 9.68. The van der Waals surface area contributed by atoms with Crippen LogP contribution in [0.1, 0.15) is 21.9 Å². The Morgan fingerprint density at radius 2 is 2.13 bits per heavy atom. The molecule has 0 saturated carbocycles. The second kappa shape index (κ2) is 3.69. The molecular weight excluding hydrogens is 212 g/mol. The molecule has 1 N–H and O–H groups in total. The van der Waals surface area contributed by atoms with Gasteiger partial charge in [-0.1, -0.05) is 0 Å². The first-order chi connectivity index (χ1) is 7.13. The quantitative estimate of drug-likeness (QED) is 0.726. The fourth-order valence-corrected chi connectivity index (χ4v) is 2.04. The second-order valence-electron chi connectivity index (χ2n) is 3.28. The molecule has 0 unspecified atom stereocenters. The molecule has 1 aromatic rings. The predicted molar refractivity (Wildman–Crippen MR) is 59.7 cm³/mol. The van der Waals surface area contributed by atoms with Crippen molar-refractivity contribution >= 4 is 23.7 Å². The number of amides is 1. The monoisotopic (exact) mass is 224 g/mol. The Morgan fingerprint density at radius 3 is 2.80 bits per heavy atom. The maximum Gasteiger partial charge on any atom is 0.270 e. The van der Waals surface area contributed by atoms with Crippen LogP contribution in [0.15, 0.2) is 0 Å². The van der Waals surface area contributed by atoms with Crippen LogP contribution < -0.4 is 5.32 Å². The van der Waals surface area contributed by atoms with Gasteiger partial charge >= 0.3 is 0 Å². The molecule has 5 nitrogen and oxygen atoms in total. The first kappa shape index (κ1) is 10.2. The third-order valence-corrected chi connectivity index (χ3v) is 2.99. The highest BCUT2D eigenvalue weighted by atomic mass is 32.2. The SMILES string of the molecule is CSN1CNc2nc(C)nc(C)c2C1=O. The van der Waals surface area contributed by atoms with Crippen molar-refractivity contribution in [2.45, 2.75) is 13.8 Å². The number of hydrogen-bond donors (Lipinski definition) is 1. The van der Waals surface area contributed by atoms with Crippen molar-refractivity contribution in [3.8, 4) is 0 Å². The highest BCUT2D eigenvalue weighted by Crippen LogP contribution is 2.25. The Morgan fingerprint density at radius 1 is 1.40 bits per heavy atom. The number of aryl methyl sites for hydroxylation is 2. The molecule has 0 bridgehead atoms. The van der Waals surface area contributed by atoms with Crippen LogP contribution in [0.3, 0.4) is 0 Å². The number of carbonyl (C=O) groups is 1. The highest BCUT2D eigenvalue weighted by molar-refractivity contribution is 7.96. The van der Waals surface area contributed by atoms with Crippen molar-refractivity contribution in [2.75, 3.05) is 18.2 Å². The Kier molecular flexibility index (Phi) is 2.52. The molecule has 1 aromatic heterocycles. The lowest BCUT2D eigenvalue weighted by atomic mass is 10.2. The van der Waals surface area contributed by atoms with Crippen LogP contribution in [0.2, 0.25) is 0 Å². The fraction of sp³-hybridized carbons (Fsp3) is 0.444. The van der Waals surface area contributed by atoms with E-state index in [1.165, 1.54) is 11.9 Å². The minimum absolute atomic E-state index is 0.0197. The van der Waals surface area contributed by atoms with Gasteiger partial charge in [0.05, 0.1) is 5.69 Å². The molecule has 1 aliphatic heterocycles. The van der Waals surface area contributed by atoms with E-state index in [9.17, 15) is 4.79 Å². The lowest BCUT2D eigenvalue weighted by Gasteiger charge is -2.27. The third-order valence-electron chi connectivity index (χ3n) is 2.25. The van der Waals surface area contributed by atoms with E-state index >= 15 is 0 Å². The smallest absolute Gasteiger partial charge is 0.270 e. The number of anilines is 1. The predicted octanol–water partition coefficient (Wildman–Crippen LogP) is 1.20. The molecule has 1 aliphatic rings. The second-order valence-corrected chi connectivity index (χ2v) is 4.09. The molecular formula is C9H12N4OS. The van der Waals surface area contributed by atoms with Gasteiger partial charge in [0.2, 0.25) is 0 Å². The molecule has 1 amide bonds. The van der Waals surface area contributed by atoms with Crippen LogP contribution in [0.4, 0.5) is 5.82 Å². The van der Waals surface area contributed by atoms with Crippen LogP contribution in [-0.2, 0) is 0 Å². The minimum Gasteiger partial charge on any atom is -0.351 e. The van der Waals surface area contributed by atoms with Crippen molar-refractivity contribution in [3.05, 3.63) is 17.1 Å². The average Bonchev–Trinajstić information content (AvgIpc) is 2.17. The van der Waals surface area contributed by atoms with Crippen LogP contribution in [0, 0.1) is 13.8 Å². The first-order valence-electron chi connectivity index (χ1n) is 4.58. The van der Waals surface area contributed by atoms with Crippen molar-refractivity contribution < 1.29 is 4.79 Å². The van der Waals surface area contributed by atoms with Gasteiger partial charge in [-0.15, -0.1) is 0 Å². The van der Waals surface area contributed by atoms with Gasteiger partial charge in [-0.05, 0) is 25.8 Å². The summed E-state index contributed by atoms with van der Waals surface area (Å²) in [6, 6.07) is 0. The van der Waals surface area contributed by atoms with Crippen molar-refractivity contribution in [3.63, 3.8) is 0 Å². The topological polar surface area (TPSA) is 58.1 Å². The van der Waals surface area contributed by atoms with Gasteiger partial charge in [0.25, 0.3) is 5.91 Å². The number of aromatic nitrogens is 2. The standard InChI is InChI=1S/C9H12N4OS/c1-5-7-8(12-6(2)11-5)10-4-13(15-3)9(7)14/h4H2,1-3H3,(H,10,11,12). The summed E-state index contributed by atoms with van der Waals surface area (Å²) in [5.74, 6) is 1.31. The normalized spacial score (nSPS) is 14.9. The van der Waals surface area contributed by atoms with Crippen molar-refractivity contribution in [1.29, 1.82) is 0 Å². The van der Waals surface area contributed by atoms with Crippen LogP contribution >= 0.6 is 11.9 Å². The summed E-state index contributed by atoms with van der Waals surface area (Å²) >= 11 is 1.40. The molecule has 0 atom stereocenters. The van der Waals surface area contributed by atoms with E-state index in [0.29, 0.717) is 23.9 Å². The molecule has 0 aliphatic carbocycles. The minimum atomic E-state index is -0.0197. The highest BCUT2D eigenvalue weighted by Gasteiger charge is 2.27. The molecule has 2 heterocycles. The number of nitrogens with zero attached hydrogens (tertiary/aromatic N) is 3.